The largest absolute Gasteiger partial charge is 0.339 e. The number of nitrogens with one attached hydrogen (secondary N) is 4. The third-order valence-electron chi connectivity index (χ3n) is 9.19. The number of fused-ring (bicyclic) bond motifs is 4. The average Bonchev–Trinajstić information content (AvgIpc) is 3.65. The van der Waals surface area contributed by atoms with Gasteiger partial charge in [0.05, 0.1) is 34.5 Å². The van der Waals surface area contributed by atoms with Gasteiger partial charge in [-0.2, -0.15) is 0 Å². The van der Waals surface area contributed by atoms with Crippen molar-refractivity contribution in [1.82, 2.24) is 10.6 Å². The standard InChI is InChI=1S/C40H26N6O4/c47-35-23-15-7-9-17-29(23)43-39(49)31(35)33-25-19-26-28(20-27(25)37(45-33)41-21-11-3-1-4-12-21)38(42-22-13-5-2-6-14-22)46-34(26)32-36(48)24-16-8-10-18-30(24)44-40(32)50/h1-13,15-20,22H,14H2,(H,41,45)(H,42,46)(H,43,49)(H,44,50)/b33-31+,34-32+. The highest BCUT2D eigenvalue weighted by molar-refractivity contribution is 6.40. The van der Waals surface area contributed by atoms with Crippen LogP contribution in [0.5, 0.6) is 0 Å². The van der Waals surface area contributed by atoms with Crippen molar-refractivity contribution in [2.24, 2.45) is 9.98 Å². The summed E-state index contributed by atoms with van der Waals surface area (Å²) in [6.45, 7) is 0. The van der Waals surface area contributed by atoms with Crippen molar-refractivity contribution < 1.29 is 19.2 Å². The van der Waals surface area contributed by atoms with Crippen molar-refractivity contribution in [2.75, 3.05) is 10.6 Å². The molecule has 2 amide bonds. The summed E-state index contributed by atoms with van der Waals surface area (Å²) in [6.07, 6.45) is 8.59. The van der Waals surface area contributed by atoms with Gasteiger partial charge in [-0.1, -0.05) is 66.8 Å². The van der Waals surface area contributed by atoms with Crippen molar-refractivity contribution >= 4 is 63.5 Å². The lowest BCUT2D eigenvalue weighted by atomic mass is 9.90. The topological polar surface area (TPSA) is 141 Å². The third kappa shape index (κ3) is 4.65. The van der Waals surface area contributed by atoms with Gasteiger partial charge in [0, 0.05) is 33.4 Å². The molecule has 0 saturated heterocycles. The Labute approximate surface area is 285 Å². The van der Waals surface area contributed by atoms with Crippen molar-refractivity contribution in [3.05, 3.63) is 160 Å². The molecule has 1 aliphatic carbocycles. The fraction of sp³-hybridized carbons (Fsp3) is 0.0500. The molecule has 9 rings (SSSR count). The van der Waals surface area contributed by atoms with Gasteiger partial charge in [0.1, 0.15) is 22.8 Å². The Bertz CT molecular complexity index is 2430. The quantitative estimate of drug-likeness (QED) is 0.162. The highest BCUT2D eigenvalue weighted by Gasteiger charge is 2.40. The lowest BCUT2D eigenvalue weighted by molar-refractivity contribution is -0.113. The third-order valence-corrected chi connectivity index (χ3v) is 9.19. The number of hydrogen-bond acceptors (Lipinski definition) is 6. The van der Waals surface area contributed by atoms with Crippen LogP contribution in [0.2, 0.25) is 0 Å². The molecular weight excluding hydrogens is 628 g/mol. The number of para-hydroxylation sites is 3. The van der Waals surface area contributed by atoms with Gasteiger partial charge in [0.15, 0.2) is 0 Å². The number of benzene rings is 4. The van der Waals surface area contributed by atoms with Crippen LogP contribution < -0.4 is 21.3 Å². The number of hydrogen-bond donors (Lipinski definition) is 4. The van der Waals surface area contributed by atoms with Crippen molar-refractivity contribution in [2.45, 2.75) is 12.5 Å². The van der Waals surface area contributed by atoms with Crippen molar-refractivity contribution in [3.8, 4) is 0 Å². The van der Waals surface area contributed by atoms with Crippen LogP contribution in [0.1, 0.15) is 49.4 Å². The monoisotopic (exact) mass is 654 g/mol. The number of amidine groups is 2. The first kappa shape index (κ1) is 29.2. The zero-order chi connectivity index (χ0) is 33.9. The molecule has 240 valence electrons. The number of aliphatic imine (C=N–C) groups is 2. The second-order valence-electron chi connectivity index (χ2n) is 12.2. The summed E-state index contributed by atoms with van der Waals surface area (Å²) in [5.41, 5.74) is 5.01. The molecule has 1 atom stereocenters. The van der Waals surface area contributed by atoms with Crippen molar-refractivity contribution in [1.29, 1.82) is 0 Å². The fourth-order valence-electron chi connectivity index (χ4n) is 6.84. The summed E-state index contributed by atoms with van der Waals surface area (Å²) in [4.78, 5) is 65.1. The summed E-state index contributed by atoms with van der Waals surface area (Å²) in [5.74, 6) is -1.06. The summed E-state index contributed by atoms with van der Waals surface area (Å²) in [7, 11) is 0. The van der Waals surface area contributed by atoms with Crippen LogP contribution in [0.25, 0.3) is 11.4 Å². The lowest BCUT2D eigenvalue weighted by Gasteiger charge is -2.20. The smallest absolute Gasteiger partial charge is 0.261 e. The molecule has 4 N–H and O–H groups in total. The Kier molecular flexibility index (Phi) is 6.63. The van der Waals surface area contributed by atoms with Crippen molar-refractivity contribution in [3.63, 3.8) is 0 Å². The van der Waals surface area contributed by atoms with E-state index in [-0.39, 0.29) is 28.6 Å². The van der Waals surface area contributed by atoms with Crippen LogP contribution in [0.3, 0.4) is 0 Å². The van der Waals surface area contributed by atoms with Gasteiger partial charge < -0.3 is 21.3 Å². The van der Waals surface area contributed by atoms with Gasteiger partial charge in [-0.05, 0) is 55.0 Å². The van der Waals surface area contributed by atoms with Crippen LogP contribution in [0, 0.1) is 0 Å². The highest BCUT2D eigenvalue weighted by Crippen LogP contribution is 2.40. The molecule has 1 unspecified atom stereocenters. The van der Waals surface area contributed by atoms with E-state index in [1.165, 1.54) is 0 Å². The van der Waals surface area contributed by atoms with E-state index >= 15 is 0 Å². The molecule has 5 aliphatic rings. The summed E-state index contributed by atoms with van der Waals surface area (Å²) in [5, 5.41) is 12.3. The Morgan fingerprint density at radius 2 is 1.08 bits per heavy atom. The predicted octanol–water partition coefficient (Wildman–Crippen LogP) is 5.69. The maximum atomic E-state index is 14.0. The zero-order valence-electron chi connectivity index (χ0n) is 26.3. The molecule has 4 aromatic rings. The first-order chi connectivity index (χ1) is 24.4. The molecule has 4 aliphatic heterocycles. The number of ketones is 2. The molecule has 50 heavy (non-hydrogen) atoms. The SMILES string of the molecule is O=C1Nc2ccccc2C(=O)/C1=C1\NC(=Nc2ccccc2)c2cc3c(cc21)/C(=C1\C(=O)Nc2ccccc2C1=O)NC3=NC1C=CC=CC1. The molecule has 0 radical (unpaired) electrons. The number of nitrogens with zero attached hydrogens (tertiary/aromatic N) is 2. The van der Waals surface area contributed by atoms with Gasteiger partial charge >= 0.3 is 0 Å². The molecule has 0 spiro atoms. The van der Waals surface area contributed by atoms with E-state index in [1.807, 2.05) is 60.7 Å². The van der Waals surface area contributed by atoms with Crippen LogP contribution in [0.15, 0.2) is 136 Å². The molecule has 10 heteroatoms. The Morgan fingerprint density at radius 1 is 0.540 bits per heavy atom. The number of rotatable bonds is 2. The molecule has 0 saturated carbocycles. The van der Waals surface area contributed by atoms with E-state index < -0.39 is 23.4 Å². The van der Waals surface area contributed by atoms with Crippen LogP contribution in [-0.2, 0) is 9.59 Å². The number of anilines is 2. The number of allylic oxidation sites excluding steroid dienone is 2. The lowest BCUT2D eigenvalue weighted by Crippen LogP contribution is -2.31. The molecule has 0 bridgehead atoms. The molecule has 10 nitrogen and oxygen atoms in total. The highest BCUT2D eigenvalue weighted by atomic mass is 16.2. The zero-order valence-corrected chi connectivity index (χ0v) is 26.3. The van der Waals surface area contributed by atoms with E-state index in [9.17, 15) is 19.2 Å². The normalized spacial score (nSPS) is 23.2. The number of Topliss-reactive ketones (excluding diaryl/α,β-unsaturated/α-hetero) is 2. The maximum Gasteiger partial charge on any atom is 0.261 e. The fourth-order valence-corrected chi connectivity index (χ4v) is 6.84. The van der Waals surface area contributed by atoms with Crippen LogP contribution in [-0.4, -0.2) is 41.1 Å². The first-order valence-corrected chi connectivity index (χ1v) is 16.1. The van der Waals surface area contributed by atoms with E-state index in [2.05, 4.69) is 21.3 Å². The summed E-state index contributed by atoms with van der Waals surface area (Å²) < 4.78 is 0. The minimum absolute atomic E-state index is 0.0621. The number of carbonyl (C=O) groups is 4. The Hall–Kier alpha value is -6.94. The van der Waals surface area contributed by atoms with Crippen LogP contribution >= 0.6 is 0 Å². The second kappa shape index (κ2) is 11.3. The van der Waals surface area contributed by atoms with E-state index in [4.69, 9.17) is 9.98 Å². The van der Waals surface area contributed by atoms with Gasteiger partial charge in [-0.25, -0.2) is 4.99 Å². The van der Waals surface area contributed by atoms with Gasteiger partial charge in [0.2, 0.25) is 11.6 Å². The van der Waals surface area contributed by atoms with Gasteiger partial charge in [-0.15, -0.1) is 0 Å². The maximum absolute atomic E-state index is 14.0. The molecule has 0 aromatic heterocycles. The minimum atomic E-state index is -0.557. The van der Waals surface area contributed by atoms with E-state index in [1.54, 1.807) is 54.6 Å². The second-order valence-corrected chi connectivity index (χ2v) is 12.2. The molecular formula is C40H26N6O4. The van der Waals surface area contributed by atoms with E-state index in [0.717, 1.165) is 0 Å². The Morgan fingerprint density at radius 3 is 1.68 bits per heavy atom. The molecule has 4 aromatic carbocycles. The average molecular weight is 655 g/mol. The minimum Gasteiger partial charge on any atom is -0.339 e. The first-order valence-electron chi connectivity index (χ1n) is 16.1. The number of amides is 2. The van der Waals surface area contributed by atoms with Crippen LogP contribution in [0.4, 0.5) is 17.1 Å². The Balaban J connectivity index is 1.30. The predicted molar refractivity (Wildman–Crippen MR) is 191 cm³/mol. The number of carbonyl (C=O) groups excluding carboxylic acids is 4. The van der Waals surface area contributed by atoms with Gasteiger partial charge in [0.25, 0.3) is 11.8 Å². The summed E-state index contributed by atoms with van der Waals surface area (Å²) in [6, 6.07) is 26.6. The van der Waals surface area contributed by atoms with E-state index in [0.29, 0.717) is 68.5 Å². The summed E-state index contributed by atoms with van der Waals surface area (Å²) >= 11 is 0. The molecule has 0 fully saturated rings. The van der Waals surface area contributed by atoms with Gasteiger partial charge in [-0.3, -0.25) is 24.2 Å². The molecule has 4 heterocycles.